The smallest absolute Gasteiger partial charge is 0.415 e. The SMILES string of the molecule is CCN(CC)C(=O)Oc1ccc2c(ccn2Cc2ccccc2C)c1-c1ccc(OC)c(OC)c1. The number of carbonyl (C=O) groups excluding carboxylic acids is 1. The van der Waals surface area contributed by atoms with E-state index in [1.165, 1.54) is 11.1 Å². The molecule has 0 unspecified atom stereocenters. The van der Waals surface area contributed by atoms with Crippen LogP contribution in [0.5, 0.6) is 17.2 Å². The number of hydrogen-bond acceptors (Lipinski definition) is 4. The molecule has 0 atom stereocenters. The van der Waals surface area contributed by atoms with Crippen LogP contribution in [-0.2, 0) is 6.54 Å². The van der Waals surface area contributed by atoms with Crippen molar-refractivity contribution in [2.75, 3.05) is 27.3 Å². The molecule has 4 aromatic rings. The van der Waals surface area contributed by atoms with Crippen molar-refractivity contribution in [2.45, 2.75) is 27.3 Å². The number of benzene rings is 3. The van der Waals surface area contributed by atoms with Crippen molar-refractivity contribution in [3.05, 3.63) is 78.0 Å². The summed E-state index contributed by atoms with van der Waals surface area (Å²) in [6, 6.07) is 20.1. The standard InChI is InChI=1S/C29H32N2O4/c1-6-30(7-2)29(32)35-26-15-13-24-23(16-17-31(24)19-22-11-9-8-10-20(22)3)28(26)21-12-14-25(33-4)27(18-21)34-5/h8-18H,6-7,19H2,1-5H3. The molecule has 1 amide bonds. The lowest BCUT2D eigenvalue weighted by Gasteiger charge is -2.20. The number of methoxy groups -OCH3 is 2. The predicted molar refractivity (Wildman–Crippen MR) is 140 cm³/mol. The summed E-state index contributed by atoms with van der Waals surface area (Å²) in [5, 5.41) is 0.996. The van der Waals surface area contributed by atoms with E-state index in [0.717, 1.165) is 28.6 Å². The summed E-state index contributed by atoms with van der Waals surface area (Å²) in [5.74, 6) is 1.76. The number of hydrogen-bond donors (Lipinski definition) is 0. The molecule has 0 N–H and O–H groups in total. The molecule has 4 rings (SSSR count). The average Bonchev–Trinajstić information content (AvgIpc) is 3.28. The maximum atomic E-state index is 12.9. The van der Waals surface area contributed by atoms with E-state index in [9.17, 15) is 4.79 Å². The van der Waals surface area contributed by atoms with Gasteiger partial charge in [-0.1, -0.05) is 30.3 Å². The molecule has 182 valence electrons. The highest BCUT2D eigenvalue weighted by atomic mass is 16.6. The number of nitrogens with zero attached hydrogens (tertiary/aromatic N) is 2. The zero-order valence-corrected chi connectivity index (χ0v) is 21.0. The Morgan fingerprint density at radius 2 is 1.60 bits per heavy atom. The van der Waals surface area contributed by atoms with Gasteiger partial charge in [-0.05, 0) is 67.8 Å². The average molecular weight is 473 g/mol. The van der Waals surface area contributed by atoms with E-state index < -0.39 is 0 Å². The first-order chi connectivity index (χ1) is 17.0. The Morgan fingerprint density at radius 3 is 2.29 bits per heavy atom. The lowest BCUT2D eigenvalue weighted by atomic mass is 10.00. The molecular weight excluding hydrogens is 440 g/mol. The molecule has 3 aromatic carbocycles. The van der Waals surface area contributed by atoms with Crippen molar-refractivity contribution in [1.29, 1.82) is 0 Å². The van der Waals surface area contributed by atoms with Crippen LogP contribution in [0.15, 0.2) is 66.9 Å². The third kappa shape index (κ3) is 4.83. The maximum Gasteiger partial charge on any atom is 0.415 e. The first-order valence-electron chi connectivity index (χ1n) is 11.9. The van der Waals surface area contributed by atoms with Crippen LogP contribution in [0, 0.1) is 6.92 Å². The Bertz CT molecular complexity index is 1340. The molecule has 0 fully saturated rings. The van der Waals surface area contributed by atoms with Gasteiger partial charge in [0.15, 0.2) is 11.5 Å². The van der Waals surface area contributed by atoms with Gasteiger partial charge in [0.1, 0.15) is 5.75 Å². The van der Waals surface area contributed by atoms with Crippen molar-refractivity contribution in [1.82, 2.24) is 9.47 Å². The van der Waals surface area contributed by atoms with Crippen LogP contribution in [0.4, 0.5) is 4.79 Å². The fourth-order valence-corrected chi connectivity index (χ4v) is 4.38. The number of fused-ring (bicyclic) bond motifs is 1. The topological polar surface area (TPSA) is 52.9 Å². The molecule has 1 aromatic heterocycles. The van der Waals surface area contributed by atoms with Gasteiger partial charge in [0.2, 0.25) is 0 Å². The summed E-state index contributed by atoms with van der Waals surface area (Å²) in [5.41, 5.74) is 5.28. The van der Waals surface area contributed by atoms with E-state index in [2.05, 4.69) is 48.0 Å². The van der Waals surface area contributed by atoms with E-state index in [1.54, 1.807) is 19.1 Å². The molecule has 0 saturated heterocycles. The Balaban J connectivity index is 1.86. The van der Waals surface area contributed by atoms with Crippen LogP contribution in [0.2, 0.25) is 0 Å². The summed E-state index contributed by atoms with van der Waals surface area (Å²) in [7, 11) is 3.23. The third-order valence-corrected chi connectivity index (χ3v) is 6.41. The minimum atomic E-state index is -0.365. The van der Waals surface area contributed by atoms with E-state index >= 15 is 0 Å². The molecule has 0 bridgehead atoms. The molecule has 6 heteroatoms. The number of amides is 1. The van der Waals surface area contributed by atoms with Gasteiger partial charge in [-0.3, -0.25) is 0 Å². The molecule has 6 nitrogen and oxygen atoms in total. The number of aromatic nitrogens is 1. The van der Waals surface area contributed by atoms with E-state index in [-0.39, 0.29) is 6.09 Å². The Kier molecular flexibility index (Phi) is 7.30. The molecule has 1 heterocycles. The predicted octanol–water partition coefficient (Wildman–Crippen LogP) is 6.52. The van der Waals surface area contributed by atoms with E-state index in [0.29, 0.717) is 30.3 Å². The highest BCUT2D eigenvalue weighted by Crippen LogP contribution is 2.41. The molecular formula is C29H32N2O4. The molecule has 35 heavy (non-hydrogen) atoms. The number of carbonyl (C=O) groups is 1. The van der Waals surface area contributed by atoms with Crippen LogP contribution in [-0.4, -0.2) is 42.9 Å². The lowest BCUT2D eigenvalue weighted by molar-refractivity contribution is 0.157. The number of rotatable bonds is 8. The van der Waals surface area contributed by atoms with Crippen molar-refractivity contribution >= 4 is 17.0 Å². The molecule has 0 aliphatic heterocycles. The van der Waals surface area contributed by atoms with Gasteiger partial charge in [-0.25, -0.2) is 4.79 Å². The lowest BCUT2D eigenvalue weighted by Crippen LogP contribution is -2.33. The normalized spacial score (nSPS) is 10.9. The Labute approximate surface area is 206 Å². The number of aryl methyl sites for hydroxylation is 1. The fourth-order valence-electron chi connectivity index (χ4n) is 4.38. The maximum absolute atomic E-state index is 12.9. The van der Waals surface area contributed by atoms with Crippen LogP contribution in [0.25, 0.3) is 22.0 Å². The zero-order chi connectivity index (χ0) is 24.9. The minimum absolute atomic E-state index is 0.365. The molecule has 0 aliphatic rings. The summed E-state index contributed by atoms with van der Waals surface area (Å²) in [4.78, 5) is 14.5. The zero-order valence-electron chi connectivity index (χ0n) is 21.0. The Hall–Kier alpha value is -3.93. The summed E-state index contributed by atoms with van der Waals surface area (Å²) in [6.45, 7) is 7.91. The van der Waals surface area contributed by atoms with Crippen LogP contribution in [0.1, 0.15) is 25.0 Å². The highest BCUT2D eigenvalue weighted by Gasteiger charge is 2.20. The molecule has 0 saturated carbocycles. The fraction of sp³-hybridized carbons (Fsp3) is 0.276. The van der Waals surface area contributed by atoms with Crippen molar-refractivity contribution in [2.24, 2.45) is 0 Å². The Morgan fingerprint density at radius 1 is 0.886 bits per heavy atom. The first kappa shape index (κ1) is 24.2. The molecule has 0 radical (unpaired) electrons. The van der Waals surface area contributed by atoms with Gasteiger partial charge in [-0.2, -0.15) is 0 Å². The van der Waals surface area contributed by atoms with Gasteiger partial charge < -0.3 is 23.7 Å². The summed E-state index contributed by atoms with van der Waals surface area (Å²) < 4.78 is 19.1. The van der Waals surface area contributed by atoms with Crippen LogP contribution in [0.3, 0.4) is 0 Å². The molecule has 0 spiro atoms. The van der Waals surface area contributed by atoms with Crippen LogP contribution < -0.4 is 14.2 Å². The third-order valence-electron chi connectivity index (χ3n) is 6.41. The van der Waals surface area contributed by atoms with Crippen molar-refractivity contribution < 1.29 is 19.0 Å². The van der Waals surface area contributed by atoms with Gasteiger partial charge >= 0.3 is 6.09 Å². The van der Waals surface area contributed by atoms with Crippen LogP contribution >= 0.6 is 0 Å². The van der Waals surface area contributed by atoms with Gasteiger partial charge in [-0.15, -0.1) is 0 Å². The quantitative estimate of drug-likeness (QED) is 0.293. The minimum Gasteiger partial charge on any atom is -0.493 e. The van der Waals surface area contributed by atoms with Gasteiger partial charge in [0.25, 0.3) is 0 Å². The highest BCUT2D eigenvalue weighted by molar-refractivity contribution is 6.00. The second-order valence-corrected chi connectivity index (χ2v) is 8.35. The second kappa shape index (κ2) is 10.6. The van der Waals surface area contributed by atoms with Crippen molar-refractivity contribution in [3.63, 3.8) is 0 Å². The van der Waals surface area contributed by atoms with E-state index in [4.69, 9.17) is 14.2 Å². The second-order valence-electron chi connectivity index (χ2n) is 8.35. The molecule has 0 aliphatic carbocycles. The van der Waals surface area contributed by atoms with Gasteiger partial charge in [0, 0.05) is 42.3 Å². The van der Waals surface area contributed by atoms with E-state index in [1.807, 2.05) is 44.2 Å². The largest absolute Gasteiger partial charge is 0.493 e. The summed E-state index contributed by atoms with van der Waals surface area (Å²) in [6.07, 6.45) is 1.72. The van der Waals surface area contributed by atoms with Crippen molar-refractivity contribution in [3.8, 4) is 28.4 Å². The number of ether oxygens (including phenoxy) is 3. The van der Waals surface area contributed by atoms with Gasteiger partial charge in [0.05, 0.1) is 14.2 Å². The summed E-state index contributed by atoms with van der Waals surface area (Å²) >= 11 is 0. The monoisotopic (exact) mass is 472 g/mol. The first-order valence-corrected chi connectivity index (χ1v) is 11.9.